The van der Waals surface area contributed by atoms with Crippen LogP contribution in [0, 0.1) is 0 Å². The smallest absolute Gasteiger partial charge is 0.337 e. The molecule has 1 aromatic heterocycles. The third-order valence-corrected chi connectivity index (χ3v) is 5.16. The molecule has 0 aliphatic heterocycles. The van der Waals surface area contributed by atoms with E-state index >= 15 is 0 Å². The maximum absolute atomic E-state index is 12.5. The number of anilines is 2. The number of carbonyl (C=O) groups excluding carboxylic acids is 3. The van der Waals surface area contributed by atoms with Gasteiger partial charge in [0, 0.05) is 35.5 Å². The number of esters is 1. The molecule has 0 aliphatic carbocycles. The number of amides is 2. The molecule has 8 heteroatoms. The second-order valence-corrected chi connectivity index (χ2v) is 7.46. The van der Waals surface area contributed by atoms with Crippen molar-refractivity contribution in [3.63, 3.8) is 0 Å². The second-order valence-electron chi connectivity index (χ2n) is 7.46. The van der Waals surface area contributed by atoms with Gasteiger partial charge < -0.3 is 15.4 Å². The fourth-order valence-corrected chi connectivity index (χ4v) is 3.31. The van der Waals surface area contributed by atoms with Gasteiger partial charge in [-0.05, 0) is 48.5 Å². The number of benzene rings is 3. The van der Waals surface area contributed by atoms with Crippen molar-refractivity contribution in [3.8, 4) is 11.3 Å². The first-order chi connectivity index (χ1) is 16.4. The molecular formula is C26H22N4O4. The molecule has 2 N–H and O–H groups in total. The first kappa shape index (κ1) is 22.5. The Bertz CT molecular complexity index is 1330. The Morgan fingerprint density at radius 3 is 2.00 bits per heavy atom. The van der Waals surface area contributed by atoms with Crippen molar-refractivity contribution in [2.75, 3.05) is 17.7 Å². The van der Waals surface area contributed by atoms with Crippen molar-refractivity contribution >= 4 is 29.3 Å². The van der Waals surface area contributed by atoms with Crippen LogP contribution in [0.3, 0.4) is 0 Å². The maximum Gasteiger partial charge on any atom is 0.337 e. The summed E-state index contributed by atoms with van der Waals surface area (Å²) in [6, 6.07) is 24.2. The molecule has 0 fully saturated rings. The van der Waals surface area contributed by atoms with E-state index in [0.717, 1.165) is 5.56 Å². The Labute approximate surface area is 196 Å². The van der Waals surface area contributed by atoms with E-state index in [1.54, 1.807) is 78.5 Å². The quantitative estimate of drug-likeness (QED) is 0.421. The highest BCUT2D eigenvalue weighted by Crippen LogP contribution is 2.24. The molecule has 4 rings (SSSR count). The van der Waals surface area contributed by atoms with Crippen LogP contribution in [0.2, 0.25) is 0 Å². The molecular weight excluding hydrogens is 432 g/mol. The predicted molar refractivity (Wildman–Crippen MR) is 129 cm³/mol. The number of ether oxygens (including phenoxy) is 1. The highest BCUT2D eigenvalue weighted by atomic mass is 16.5. The van der Waals surface area contributed by atoms with Crippen LogP contribution in [-0.4, -0.2) is 34.7 Å². The zero-order valence-corrected chi connectivity index (χ0v) is 18.6. The summed E-state index contributed by atoms with van der Waals surface area (Å²) in [5.41, 5.74) is 3.47. The summed E-state index contributed by atoms with van der Waals surface area (Å²) in [6.07, 6.45) is 0. The lowest BCUT2D eigenvalue weighted by atomic mass is 10.1. The molecule has 1 heterocycles. The van der Waals surface area contributed by atoms with E-state index in [0.29, 0.717) is 33.9 Å². The molecule has 8 nitrogen and oxygen atoms in total. The largest absolute Gasteiger partial charge is 0.465 e. The molecule has 0 unspecified atom stereocenters. The van der Waals surface area contributed by atoms with E-state index in [1.807, 2.05) is 18.2 Å². The van der Waals surface area contributed by atoms with Gasteiger partial charge in [-0.25, -0.2) is 4.79 Å². The van der Waals surface area contributed by atoms with Crippen LogP contribution >= 0.6 is 0 Å². The third-order valence-electron chi connectivity index (χ3n) is 5.16. The van der Waals surface area contributed by atoms with Gasteiger partial charge in [0.25, 0.3) is 11.8 Å². The number of nitrogens with zero attached hydrogens (tertiary/aromatic N) is 2. The first-order valence-electron chi connectivity index (χ1n) is 10.4. The van der Waals surface area contributed by atoms with E-state index in [-0.39, 0.29) is 11.8 Å². The number of hydrogen-bond acceptors (Lipinski definition) is 5. The maximum atomic E-state index is 12.5. The summed E-state index contributed by atoms with van der Waals surface area (Å²) in [7, 11) is 3.06. The van der Waals surface area contributed by atoms with E-state index in [4.69, 9.17) is 0 Å². The van der Waals surface area contributed by atoms with Crippen LogP contribution in [0.1, 0.15) is 31.1 Å². The van der Waals surface area contributed by atoms with Crippen molar-refractivity contribution in [2.45, 2.75) is 0 Å². The molecule has 170 valence electrons. The SMILES string of the molecule is COC(=O)c1ccc(C(=O)Nc2ccc(-c3cc(NC(=O)c4ccccc4)n(C)n3)cc2)cc1. The Balaban J connectivity index is 1.42. The van der Waals surface area contributed by atoms with Crippen molar-refractivity contribution in [1.82, 2.24) is 9.78 Å². The minimum absolute atomic E-state index is 0.215. The molecule has 0 aliphatic rings. The fraction of sp³-hybridized carbons (Fsp3) is 0.0769. The summed E-state index contributed by atoms with van der Waals surface area (Å²) in [5, 5.41) is 10.2. The number of aromatic nitrogens is 2. The van der Waals surface area contributed by atoms with Gasteiger partial charge in [-0.2, -0.15) is 5.10 Å². The van der Waals surface area contributed by atoms with Gasteiger partial charge in [0.1, 0.15) is 5.82 Å². The number of nitrogens with one attached hydrogen (secondary N) is 2. The predicted octanol–water partition coefficient (Wildman–Crippen LogP) is 4.38. The monoisotopic (exact) mass is 454 g/mol. The summed E-state index contributed by atoms with van der Waals surface area (Å²) in [5.74, 6) is -0.405. The summed E-state index contributed by atoms with van der Waals surface area (Å²) in [6.45, 7) is 0. The van der Waals surface area contributed by atoms with Crippen LogP contribution in [0.15, 0.2) is 84.9 Å². The van der Waals surface area contributed by atoms with E-state index in [1.165, 1.54) is 7.11 Å². The highest BCUT2D eigenvalue weighted by molar-refractivity contribution is 6.05. The molecule has 0 spiro atoms. The molecule has 34 heavy (non-hydrogen) atoms. The Kier molecular flexibility index (Phi) is 6.49. The molecule has 0 bridgehead atoms. The van der Waals surface area contributed by atoms with Crippen molar-refractivity contribution in [2.24, 2.45) is 7.05 Å². The minimum atomic E-state index is -0.458. The second kappa shape index (κ2) is 9.83. The molecule has 0 saturated heterocycles. The number of methoxy groups -OCH3 is 1. The van der Waals surface area contributed by atoms with Crippen LogP contribution in [0.5, 0.6) is 0 Å². The highest BCUT2D eigenvalue weighted by Gasteiger charge is 2.13. The first-order valence-corrected chi connectivity index (χ1v) is 10.4. The van der Waals surface area contributed by atoms with Crippen molar-refractivity contribution < 1.29 is 19.1 Å². The zero-order valence-electron chi connectivity index (χ0n) is 18.6. The molecule has 0 saturated carbocycles. The van der Waals surface area contributed by atoms with Gasteiger partial charge in [-0.3, -0.25) is 14.3 Å². The zero-order chi connectivity index (χ0) is 24.1. The number of carbonyl (C=O) groups is 3. The van der Waals surface area contributed by atoms with Crippen LogP contribution in [-0.2, 0) is 11.8 Å². The van der Waals surface area contributed by atoms with Crippen LogP contribution in [0.4, 0.5) is 11.5 Å². The Morgan fingerprint density at radius 2 is 1.35 bits per heavy atom. The average molecular weight is 454 g/mol. The van der Waals surface area contributed by atoms with Gasteiger partial charge in [-0.15, -0.1) is 0 Å². The Morgan fingerprint density at radius 1 is 0.765 bits per heavy atom. The van der Waals surface area contributed by atoms with Crippen LogP contribution < -0.4 is 10.6 Å². The van der Waals surface area contributed by atoms with Gasteiger partial charge in [0.15, 0.2) is 0 Å². The summed E-state index contributed by atoms with van der Waals surface area (Å²) in [4.78, 5) is 36.5. The third kappa shape index (κ3) is 5.02. The Hall–Kier alpha value is -4.72. The van der Waals surface area contributed by atoms with E-state index < -0.39 is 5.97 Å². The van der Waals surface area contributed by atoms with Crippen LogP contribution in [0.25, 0.3) is 11.3 Å². The summed E-state index contributed by atoms with van der Waals surface area (Å²) < 4.78 is 6.26. The van der Waals surface area contributed by atoms with Crippen molar-refractivity contribution in [3.05, 3.63) is 102 Å². The standard InChI is InChI=1S/C26H22N4O4/c1-30-23(28-25(32)18-6-4-3-5-7-18)16-22(29-30)17-12-14-21(15-13-17)27-24(31)19-8-10-20(11-9-19)26(33)34-2/h3-16H,1-2H3,(H,27,31)(H,28,32). The molecule has 3 aromatic carbocycles. The topological polar surface area (TPSA) is 102 Å². The van der Waals surface area contributed by atoms with Gasteiger partial charge >= 0.3 is 5.97 Å². The fourth-order valence-electron chi connectivity index (χ4n) is 3.31. The van der Waals surface area contributed by atoms with Crippen molar-refractivity contribution in [1.29, 1.82) is 0 Å². The molecule has 2 amide bonds. The lowest BCUT2D eigenvalue weighted by Gasteiger charge is -2.07. The summed E-state index contributed by atoms with van der Waals surface area (Å²) >= 11 is 0. The molecule has 0 radical (unpaired) electrons. The number of rotatable bonds is 6. The van der Waals surface area contributed by atoms with Gasteiger partial charge in [-0.1, -0.05) is 30.3 Å². The van der Waals surface area contributed by atoms with Gasteiger partial charge in [0.2, 0.25) is 0 Å². The lowest BCUT2D eigenvalue weighted by molar-refractivity contribution is 0.0600. The molecule has 4 aromatic rings. The average Bonchev–Trinajstić information content (AvgIpc) is 3.24. The van der Waals surface area contributed by atoms with Gasteiger partial charge in [0.05, 0.1) is 18.4 Å². The number of aryl methyl sites for hydroxylation is 1. The molecule has 0 atom stereocenters. The van der Waals surface area contributed by atoms with E-state index in [2.05, 4.69) is 20.5 Å². The lowest BCUT2D eigenvalue weighted by Crippen LogP contribution is -2.14. The normalized spacial score (nSPS) is 10.4. The minimum Gasteiger partial charge on any atom is -0.465 e. The number of hydrogen-bond donors (Lipinski definition) is 2. The van der Waals surface area contributed by atoms with E-state index in [9.17, 15) is 14.4 Å².